The molecule has 3 aromatic carbocycles. The van der Waals surface area contributed by atoms with Crippen LogP contribution in [0.25, 0.3) is 10.9 Å². The van der Waals surface area contributed by atoms with Crippen molar-refractivity contribution in [2.24, 2.45) is 0 Å². The van der Waals surface area contributed by atoms with Gasteiger partial charge in [0.15, 0.2) is 11.6 Å². The molecule has 1 N–H and O–H groups in total. The first-order valence-electron chi connectivity index (χ1n) is 9.68. The van der Waals surface area contributed by atoms with Crippen molar-refractivity contribution >= 4 is 22.5 Å². The highest BCUT2D eigenvalue weighted by atomic mass is 19.4. The number of carbonyl (C=O) groups is 1. The molecule has 0 spiro atoms. The number of halogens is 5. The second kappa shape index (κ2) is 8.50. The summed E-state index contributed by atoms with van der Waals surface area (Å²) >= 11 is 0. The maximum Gasteiger partial charge on any atom is 0.416 e. The van der Waals surface area contributed by atoms with Crippen LogP contribution in [0, 0.1) is 11.6 Å². The standard InChI is InChI=1S/C24H15F5N2O2/c25-19-9-8-14(10-20(19)26)13-31(17-6-3-5-16(12-17)24(27,28)29)23(33)18-11-15-4-1-2-7-21(15)30-22(18)32/h1-12H,13H2,(H,30,32). The normalized spacial score (nSPS) is 11.5. The molecule has 0 bridgehead atoms. The van der Waals surface area contributed by atoms with Crippen LogP contribution in [-0.4, -0.2) is 10.9 Å². The Morgan fingerprint density at radius 1 is 0.879 bits per heavy atom. The van der Waals surface area contributed by atoms with Gasteiger partial charge in [-0.2, -0.15) is 13.2 Å². The van der Waals surface area contributed by atoms with Crippen LogP contribution in [0.15, 0.2) is 77.6 Å². The van der Waals surface area contributed by atoms with E-state index in [1.807, 2.05) is 0 Å². The molecule has 0 aliphatic heterocycles. The summed E-state index contributed by atoms with van der Waals surface area (Å²) in [6.07, 6.45) is -4.67. The lowest BCUT2D eigenvalue weighted by Gasteiger charge is -2.24. The first-order valence-corrected chi connectivity index (χ1v) is 9.68. The molecule has 0 radical (unpaired) electrons. The molecule has 4 aromatic rings. The number of alkyl halides is 3. The number of rotatable bonds is 4. The minimum Gasteiger partial charge on any atom is -0.321 e. The van der Waals surface area contributed by atoms with Crippen molar-refractivity contribution in [1.29, 1.82) is 0 Å². The SMILES string of the molecule is O=C(c1cc2ccccc2[nH]c1=O)N(Cc1ccc(F)c(F)c1)c1cccc(C(F)(F)F)c1. The van der Waals surface area contributed by atoms with E-state index in [-0.39, 0.29) is 16.8 Å². The number of H-pyrrole nitrogens is 1. The molecule has 0 saturated carbocycles. The lowest BCUT2D eigenvalue weighted by molar-refractivity contribution is -0.137. The molecule has 0 unspecified atom stereocenters. The highest BCUT2D eigenvalue weighted by molar-refractivity contribution is 6.07. The largest absolute Gasteiger partial charge is 0.416 e. The quantitative estimate of drug-likeness (QED) is 0.401. The predicted molar refractivity (Wildman–Crippen MR) is 113 cm³/mol. The average Bonchev–Trinajstić information content (AvgIpc) is 2.78. The fourth-order valence-corrected chi connectivity index (χ4v) is 3.40. The molecule has 1 aromatic heterocycles. The highest BCUT2D eigenvalue weighted by Crippen LogP contribution is 2.32. The minimum absolute atomic E-state index is 0.122. The third-order valence-electron chi connectivity index (χ3n) is 5.04. The van der Waals surface area contributed by atoms with Crippen LogP contribution < -0.4 is 10.5 Å². The molecule has 4 nitrogen and oxygen atoms in total. The molecule has 0 atom stereocenters. The van der Waals surface area contributed by atoms with Crippen LogP contribution in [0.3, 0.4) is 0 Å². The summed E-state index contributed by atoms with van der Waals surface area (Å²) in [5.74, 6) is -3.18. The second-order valence-electron chi connectivity index (χ2n) is 7.29. The van der Waals surface area contributed by atoms with Crippen molar-refractivity contribution in [1.82, 2.24) is 4.98 Å². The molecule has 1 heterocycles. The number of benzene rings is 3. The van der Waals surface area contributed by atoms with E-state index in [0.29, 0.717) is 10.9 Å². The summed E-state index contributed by atoms with van der Waals surface area (Å²) in [5.41, 5.74) is -1.61. The first-order chi connectivity index (χ1) is 15.6. The highest BCUT2D eigenvalue weighted by Gasteiger charge is 2.32. The third-order valence-corrected chi connectivity index (χ3v) is 5.04. The number of amides is 1. The topological polar surface area (TPSA) is 53.2 Å². The number of para-hydroxylation sites is 1. The average molecular weight is 458 g/mol. The van der Waals surface area contributed by atoms with Crippen LogP contribution >= 0.6 is 0 Å². The van der Waals surface area contributed by atoms with Crippen molar-refractivity contribution in [3.8, 4) is 0 Å². The molecule has 1 amide bonds. The minimum atomic E-state index is -4.67. The zero-order chi connectivity index (χ0) is 23.8. The van der Waals surface area contributed by atoms with E-state index in [1.165, 1.54) is 18.2 Å². The number of aromatic amines is 1. The zero-order valence-corrected chi connectivity index (χ0v) is 16.8. The molecular formula is C24H15F5N2O2. The number of carbonyl (C=O) groups excluding carboxylic acids is 1. The van der Waals surface area contributed by atoms with E-state index in [9.17, 15) is 31.5 Å². The Hall–Kier alpha value is -4.01. The van der Waals surface area contributed by atoms with Crippen LogP contribution in [0.1, 0.15) is 21.5 Å². The molecule has 0 aliphatic carbocycles. The van der Waals surface area contributed by atoms with E-state index in [4.69, 9.17) is 0 Å². The number of nitrogens with one attached hydrogen (secondary N) is 1. The van der Waals surface area contributed by atoms with Gasteiger partial charge >= 0.3 is 6.18 Å². The lowest BCUT2D eigenvalue weighted by atomic mass is 10.1. The Balaban J connectivity index is 1.83. The van der Waals surface area contributed by atoms with Gasteiger partial charge in [0.25, 0.3) is 11.5 Å². The summed E-state index contributed by atoms with van der Waals surface area (Å²) in [7, 11) is 0. The number of anilines is 1. The fourth-order valence-electron chi connectivity index (χ4n) is 3.40. The van der Waals surface area contributed by atoms with E-state index in [2.05, 4.69) is 4.98 Å². The Kier molecular flexibility index (Phi) is 5.71. The Labute approximate surface area is 183 Å². The Bertz CT molecular complexity index is 1410. The summed E-state index contributed by atoms with van der Waals surface area (Å²) in [5, 5.41) is 0.539. The number of pyridine rings is 1. The van der Waals surface area contributed by atoms with Gasteiger partial charge in [0.1, 0.15) is 5.56 Å². The van der Waals surface area contributed by atoms with Gasteiger partial charge in [-0.3, -0.25) is 9.59 Å². The monoisotopic (exact) mass is 458 g/mol. The molecular weight excluding hydrogens is 443 g/mol. The van der Waals surface area contributed by atoms with Crippen molar-refractivity contribution in [3.05, 3.63) is 111 Å². The molecule has 9 heteroatoms. The van der Waals surface area contributed by atoms with E-state index >= 15 is 0 Å². The van der Waals surface area contributed by atoms with Crippen molar-refractivity contribution < 1.29 is 26.7 Å². The van der Waals surface area contributed by atoms with Crippen molar-refractivity contribution in [3.63, 3.8) is 0 Å². The van der Waals surface area contributed by atoms with Crippen LogP contribution in [0.5, 0.6) is 0 Å². The van der Waals surface area contributed by atoms with E-state index in [0.717, 1.165) is 35.2 Å². The van der Waals surface area contributed by atoms with Gasteiger partial charge in [0.05, 0.1) is 12.1 Å². The lowest BCUT2D eigenvalue weighted by Crippen LogP contribution is -2.34. The molecule has 33 heavy (non-hydrogen) atoms. The van der Waals surface area contributed by atoms with Gasteiger partial charge in [0.2, 0.25) is 0 Å². The fraction of sp³-hybridized carbons (Fsp3) is 0.0833. The molecule has 0 saturated heterocycles. The predicted octanol–water partition coefficient (Wildman–Crippen LogP) is 5.67. The first kappa shape index (κ1) is 22.2. The van der Waals surface area contributed by atoms with Crippen LogP contribution in [0.4, 0.5) is 27.6 Å². The number of aromatic nitrogens is 1. The number of fused-ring (bicyclic) bond motifs is 1. The number of nitrogens with zero attached hydrogens (tertiary/aromatic N) is 1. The van der Waals surface area contributed by atoms with Crippen LogP contribution in [0.2, 0.25) is 0 Å². The Morgan fingerprint density at radius 3 is 2.36 bits per heavy atom. The maximum atomic E-state index is 13.7. The van der Waals surface area contributed by atoms with E-state index < -0.39 is 41.4 Å². The molecule has 0 fully saturated rings. The summed E-state index contributed by atoms with van der Waals surface area (Å²) < 4.78 is 66.9. The summed E-state index contributed by atoms with van der Waals surface area (Å²) in [6, 6.07) is 14.9. The maximum absolute atomic E-state index is 13.7. The zero-order valence-electron chi connectivity index (χ0n) is 16.8. The van der Waals surface area contributed by atoms with Gasteiger partial charge in [-0.15, -0.1) is 0 Å². The number of hydrogen-bond donors (Lipinski definition) is 1. The Morgan fingerprint density at radius 2 is 1.64 bits per heavy atom. The molecule has 168 valence electrons. The van der Waals surface area contributed by atoms with Gasteiger partial charge in [-0.1, -0.05) is 30.3 Å². The second-order valence-corrected chi connectivity index (χ2v) is 7.29. The summed E-state index contributed by atoms with van der Waals surface area (Å²) in [4.78, 5) is 29.5. The smallest absolute Gasteiger partial charge is 0.321 e. The van der Waals surface area contributed by atoms with Gasteiger partial charge in [-0.25, -0.2) is 8.78 Å². The van der Waals surface area contributed by atoms with Crippen LogP contribution in [-0.2, 0) is 12.7 Å². The molecule has 0 aliphatic rings. The van der Waals surface area contributed by atoms with E-state index in [1.54, 1.807) is 24.3 Å². The van der Waals surface area contributed by atoms with Crippen molar-refractivity contribution in [2.75, 3.05) is 4.90 Å². The number of hydrogen-bond acceptors (Lipinski definition) is 2. The summed E-state index contributed by atoms with van der Waals surface area (Å²) in [6.45, 7) is -0.399. The van der Waals surface area contributed by atoms with Gasteiger partial charge < -0.3 is 9.88 Å². The third kappa shape index (κ3) is 4.62. The van der Waals surface area contributed by atoms with Crippen molar-refractivity contribution in [2.45, 2.75) is 12.7 Å². The van der Waals surface area contributed by atoms with Gasteiger partial charge in [-0.05, 0) is 53.4 Å². The molecule has 4 rings (SSSR count). The van der Waals surface area contributed by atoms with Gasteiger partial charge in [0, 0.05) is 11.2 Å².